The van der Waals surface area contributed by atoms with Crippen LogP contribution >= 0.6 is 0 Å². The number of benzene rings is 1. The third kappa shape index (κ3) is 2.18. The number of halogens is 4. The van der Waals surface area contributed by atoms with Crippen LogP contribution in [0.25, 0.3) is 0 Å². The van der Waals surface area contributed by atoms with E-state index in [9.17, 15) is 17.6 Å². The molecule has 0 fully saturated rings. The van der Waals surface area contributed by atoms with Crippen LogP contribution in [-0.2, 0) is 12.7 Å². The Hall–Kier alpha value is -1.10. The molecule has 0 bridgehead atoms. The maximum Gasteiger partial charge on any atom is 0.416 e. The second-order valence-electron chi connectivity index (χ2n) is 2.30. The van der Waals surface area contributed by atoms with Gasteiger partial charge in [-0.2, -0.15) is 13.2 Å². The van der Waals surface area contributed by atoms with Gasteiger partial charge in [0.05, 0.1) is 14.9 Å². The van der Waals surface area contributed by atoms with E-state index < -0.39 is 29.7 Å². The summed E-state index contributed by atoms with van der Waals surface area (Å²) in [4.78, 5) is 0. The lowest BCUT2D eigenvalue weighted by molar-refractivity contribution is -0.137. The second kappa shape index (κ2) is 3.33. The van der Waals surface area contributed by atoms with Crippen LogP contribution in [-0.4, -0.2) is 5.11 Å². The van der Waals surface area contributed by atoms with Crippen molar-refractivity contribution in [3.8, 4) is 0 Å². The van der Waals surface area contributed by atoms with Crippen molar-refractivity contribution in [2.45, 2.75) is 12.7 Å². The Morgan fingerprint density at radius 2 is 2.00 bits per heavy atom. The van der Waals surface area contributed by atoms with Crippen molar-refractivity contribution in [2.24, 2.45) is 0 Å². The summed E-state index contributed by atoms with van der Waals surface area (Å²) in [5.74, 6) is -1.43. The van der Waals surface area contributed by atoms with Crippen LogP contribution in [0.5, 0.6) is 0 Å². The summed E-state index contributed by atoms with van der Waals surface area (Å²) in [6.07, 6.45) is -4.69. The van der Waals surface area contributed by atoms with Crippen LogP contribution < -0.4 is 0 Å². The van der Waals surface area contributed by atoms with Crippen molar-refractivity contribution in [1.29, 1.82) is 0 Å². The lowest BCUT2D eigenvalue weighted by Crippen LogP contribution is -2.06. The van der Waals surface area contributed by atoms with E-state index in [-0.39, 0.29) is 6.07 Å². The van der Waals surface area contributed by atoms with Gasteiger partial charge in [0.1, 0.15) is 5.82 Å². The number of hydrogen-bond donors (Lipinski definition) is 1. The molecule has 0 aromatic heterocycles. The van der Waals surface area contributed by atoms with Gasteiger partial charge in [-0.25, -0.2) is 4.39 Å². The van der Waals surface area contributed by atoms with E-state index in [1.165, 1.54) is 0 Å². The molecule has 1 aromatic rings. The third-order valence-electron chi connectivity index (χ3n) is 1.42. The molecule has 1 rings (SSSR count). The molecule has 72 valence electrons. The quantitative estimate of drug-likeness (QED) is 0.683. The molecular formula is C8H6F4O. The Morgan fingerprint density at radius 1 is 1.38 bits per heavy atom. The van der Waals surface area contributed by atoms with Crippen molar-refractivity contribution in [1.82, 2.24) is 0 Å². The molecule has 13 heavy (non-hydrogen) atoms. The fourth-order valence-electron chi connectivity index (χ4n) is 0.782. The van der Waals surface area contributed by atoms with Crippen LogP contribution in [0, 0.1) is 5.82 Å². The zero-order chi connectivity index (χ0) is 11.9. The Kier molecular flexibility index (Phi) is 1.88. The third-order valence-corrected chi connectivity index (χ3v) is 1.42. The van der Waals surface area contributed by atoms with E-state index in [1.807, 2.05) is 0 Å². The Balaban J connectivity index is 3.21. The number of rotatable bonds is 1. The Morgan fingerprint density at radius 3 is 2.38 bits per heavy atom. The van der Waals surface area contributed by atoms with Crippen molar-refractivity contribution >= 4 is 0 Å². The molecule has 0 radical (unpaired) electrons. The average Bonchev–Trinajstić information content (AvgIpc) is 1.99. The summed E-state index contributed by atoms with van der Waals surface area (Å²) >= 11 is 0. The smallest absolute Gasteiger partial charge is 0.392 e. The van der Waals surface area contributed by atoms with E-state index in [0.29, 0.717) is 12.1 Å². The molecule has 0 spiro atoms. The van der Waals surface area contributed by atoms with Gasteiger partial charge in [0.2, 0.25) is 0 Å². The fourth-order valence-corrected chi connectivity index (χ4v) is 0.782. The zero-order valence-corrected chi connectivity index (χ0v) is 6.19. The number of aliphatic hydroxyl groups is 1. The standard InChI is InChI=1S/C8H6F4O/c9-7-3-6(8(10,11)12)2-1-5(7)4-13/h1-3,13H,4H2/i4D2. The van der Waals surface area contributed by atoms with Crippen molar-refractivity contribution in [3.63, 3.8) is 0 Å². The van der Waals surface area contributed by atoms with E-state index in [1.54, 1.807) is 0 Å². The summed E-state index contributed by atoms with van der Waals surface area (Å²) in [5, 5.41) is 8.78. The monoisotopic (exact) mass is 196 g/mol. The fraction of sp³-hybridized carbons (Fsp3) is 0.250. The van der Waals surface area contributed by atoms with Gasteiger partial charge < -0.3 is 5.11 Å². The molecule has 0 atom stereocenters. The predicted molar refractivity (Wildman–Crippen MR) is 37.3 cm³/mol. The molecule has 0 amide bonds. The normalized spacial score (nSPS) is 15.2. The summed E-state index contributed by atoms with van der Waals surface area (Å²) < 4.78 is 62.7. The minimum Gasteiger partial charge on any atom is -0.392 e. The van der Waals surface area contributed by atoms with Crippen molar-refractivity contribution in [3.05, 3.63) is 35.1 Å². The SMILES string of the molecule is [2H]C([2H])(O)c1ccc(C(F)(F)F)cc1F. The summed E-state index contributed by atoms with van der Waals surface area (Å²) in [5.41, 5.74) is -2.05. The van der Waals surface area contributed by atoms with Crippen LogP contribution in [0.2, 0.25) is 0 Å². The summed E-state index contributed by atoms with van der Waals surface area (Å²) in [6, 6.07) is 1.22. The average molecular weight is 196 g/mol. The van der Waals surface area contributed by atoms with E-state index in [2.05, 4.69) is 0 Å². The molecule has 0 saturated heterocycles. The molecule has 0 saturated carbocycles. The van der Waals surface area contributed by atoms with Crippen LogP contribution in [0.3, 0.4) is 0 Å². The molecule has 1 N–H and O–H groups in total. The van der Waals surface area contributed by atoms with E-state index >= 15 is 0 Å². The second-order valence-corrected chi connectivity index (χ2v) is 2.30. The minimum absolute atomic E-state index is 0.142. The van der Waals surface area contributed by atoms with Gasteiger partial charge in [-0.05, 0) is 12.1 Å². The molecule has 5 heteroatoms. The molecule has 0 aliphatic carbocycles. The van der Waals surface area contributed by atoms with Crippen LogP contribution in [0.4, 0.5) is 17.6 Å². The van der Waals surface area contributed by atoms with Gasteiger partial charge in [0.25, 0.3) is 0 Å². The minimum atomic E-state index is -4.69. The van der Waals surface area contributed by atoms with E-state index in [4.69, 9.17) is 7.85 Å². The number of hydrogen-bond acceptors (Lipinski definition) is 1. The maximum atomic E-state index is 13.0. The highest BCUT2D eigenvalue weighted by molar-refractivity contribution is 5.25. The highest BCUT2D eigenvalue weighted by Gasteiger charge is 2.30. The van der Waals surface area contributed by atoms with Crippen molar-refractivity contribution in [2.75, 3.05) is 0 Å². The Labute approximate surface area is 74.4 Å². The maximum absolute atomic E-state index is 13.0. The lowest BCUT2D eigenvalue weighted by Gasteiger charge is -2.07. The predicted octanol–water partition coefficient (Wildman–Crippen LogP) is 2.34. The number of alkyl halides is 3. The molecule has 1 aromatic carbocycles. The molecule has 1 nitrogen and oxygen atoms in total. The van der Waals surface area contributed by atoms with Gasteiger partial charge in [-0.15, -0.1) is 0 Å². The van der Waals surface area contributed by atoms with E-state index in [0.717, 1.165) is 0 Å². The first kappa shape index (κ1) is 7.32. The molecule has 0 aliphatic rings. The van der Waals surface area contributed by atoms with Gasteiger partial charge in [-0.1, -0.05) is 6.07 Å². The summed E-state index contributed by atoms with van der Waals surface area (Å²) in [6.45, 7) is -2.99. The van der Waals surface area contributed by atoms with Gasteiger partial charge in [0.15, 0.2) is 0 Å². The molecule has 0 aliphatic heterocycles. The van der Waals surface area contributed by atoms with Gasteiger partial charge >= 0.3 is 6.18 Å². The van der Waals surface area contributed by atoms with Gasteiger partial charge in [-0.3, -0.25) is 0 Å². The molecule has 0 unspecified atom stereocenters. The first-order chi connectivity index (χ1) is 6.62. The highest BCUT2D eigenvalue weighted by atomic mass is 19.4. The first-order valence-corrected chi connectivity index (χ1v) is 3.22. The Bertz CT molecular complexity index is 370. The highest BCUT2D eigenvalue weighted by Crippen LogP contribution is 2.30. The van der Waals surface area contributed by atoms with Crippen LogP contribution in [0.15, 0.2) is 18.2 Å². The lowest BCUT2D eigenvalue weighted by atomic mass is 10.1. The molecular weight excluding hydrogens is 188 g/mol. The molecule has 0 heterocycles. The summed E-state index contributed by atoms with van der Waals surface area (Å²) in [7, 11) is 0. The largest absolute Gasteiger partial charge is 0.416 e. The topological polar surface area (TPSA) is 20.2 Å². The first-order valence-electron chi connectivity index (χ1n) is 4.22. The zero-order valence-electron chi connectivity index (χ0n) is 8.19. The van der Waals surface area contributed by atoms with Gasteiger partial charge in [0, 0.05) is 5.56 Å². The van der Waals surface area contributed by atoms with Crippen LogP contribution in [0.1, 0.15) is 13.9 Å². The van der Waals surface area contributed by atoms with Crippen molar-refractivity contribution < 1.29 is 25.4 Å².